The lowest BCUT2D eigenvalue weighted by atomic mass is 9.52. The number of phenolic OH excluding ortho intramolecular Hbond substituents is 1. The number of ether oxygens (including phenoxy) is 1. The fourth-order valence-corrected chi connectivity index (χ4v) is 7.37. The molecule has 7 heteroatoms. The molecule has 3 N–H and O–H groups in total. The van der Waals surface area contributed by atoms with E-state index in [1.165, 1.54) is 18.4 Å². The Labute approximate surface area is 188 Å². The van der Waals surface area contributed by atoms with Crippen LogP contribution in [0.25, 0.3) is 0 Å². The molecule has 0 radical (unpaired) electrons. The van der Waals surface area contributed by atoms with Crippen LogP contribution in [0, 0.1) is 5.92 Å². The number of hydrogen-bond acceptors (Lipinski definition) is 6. The van der Waals surface area contributed by atoms with Crippen LogP contribution in [0.1, 0.15) is 42.5 Å². The topological polar surface area (TPSA) is 84.8 Å². The summed E-state index contributed by atoms with van der Waals surface area (Å²) in [5, 5.41) is 30.4. The van der Waals surface area contributed by atoms with Gasteiger partial charge >= 0.3 is 0 Å². The van der Waals surface area contributed by atoms with Gasteiger partial charge in [0.15, 0.2) is 11.5 Å². The van der Waals surface area contributed by atoms with Gasteiger partial charge in [0.1, 0.15) is 6.10 Å². The molecule has 0 unspecified atom stereocenters. The SMILES string of the molecule is Oc1ccc2c3c1O[C@H]1CN(CCc4ccn[nH]4)CC[C@@]4(O)[C@@H](C2)N(CC2CC2)CC[C@]314. The van der Waals surface area contributed by atoms with Crippen LogP contribution < -0.4 is 4.74 Å². The maximum Gasteiger partial charge on any atom is 0.165 e. The summed E-state index contributed by atoms with van der Waals surface area (Å²) in [7, 11) is 0. The minimum Gasteiger partial charge on any atom is -0.504 e. The number of aromatic amines is 1. The van der Waals surface area contributed by atoms with Gasteiger partial charge < -0.3 is 14.9 Å². The number of aromatic hydroxyl groups is 1. The van der Waals surface area contributed by atoms with E-state index in [0.29, 0.717) is 5.75 Å². The van der Waals surface area contributed by atoms with Crippen molar-refractivity contribution in [3.8, 4) is 11.5 Å². The molecule has 2 aliphatic carbocycles. The van der Waals surface area contributed by atoms with Gasteiger partial charge in [-0.3, -0.25) is 14.9 Å². The maximum absolute atomic E-state index is 12.6. The molecule has 1 saturated carbocycles. The highest BCUT2D eigenvalue weighted by atomic mass is 16.5. The minimum absolute atomic E-state index is 0.124. The van der Waals surface area contributed by atoms with Crippen LogP contribution in [0.5, 0.6) is 11.5 Å². The third kappa shape index (κ3) is 2.56. The zero-order valence-corrected chi connectivity index (χ0v) is 18.5. The lowest BCUT2D eigenvalue weighted by Crippen LogP contribution is -2.74. The first-order valence-electron chi connectivity index (χ1n) is 12.3. The van der Waals surface area contributed by atoms with Crippen molar-refractivity contribution >= 4 is 0 Å². The lowest BCUT2D eigenvalue weighted by Gasteiger charge is -2.60. The number of benzene rings is 1. The Morgan fingerprint density at radius 2 is 2.09 bits per heavy atom. The zero-order valence-electron chi connectivity index (χ0n) is 18.5. The number of piperidine rings is 1. The Bertz CT molecular complexity index is 1040. The van der Waals surface area contributed by atoms with Crippen molar-refractivity contribution < 1.29 is 14.9 Å². The van der Waals surface area contributed by atoms with E-state index in [0.717, 1.165) is 75.6 Å². The van der Waals surface area contributed by atoms with E-state index < -0.39 is 11.0 Å². The molecule has 7 rings (SSSR count). The van der Waals surface area contributed by atoms with Gasteiger partial charge in [-0.1, -0.05) is 6.07 Å². The lowest BCUT2D eigenvalue weighted by molar-refractivity contribution is -0.162. The first-order chi connectivity index (χ1) is 15.6. The highest BCUT2D eigenvalue weighted by Crippen LogP contribution is 2.63. The zero-order chi connectivity index (χ0) is 21.5. The molecule has 32 heavy (non-hydrogen) atoms. The Morgan fingerprint density at radius 1 is 1.19 bits per heavy atom. The molecule has 4 heterocycles. The molecule has 3 fully saturated rings. The summed E-state index contributed by atoms with van der Waals surface area (Å²) in [5.41, 5.74) is 2.25. The number of aromatic nitrogens is 2. The molecular formula is C25H32N4O3. The van der Waals surface area contributed by atoms with E-state index in [-0.39, 0.29) is 17.9 Å². The molecule has 1 spiro atoms. The van der Waals surface area contributed by atoms with Gasteiger partial charge in [0.25, 0.3) is 0 Å². The number of rotatable bonds is 5. The van der Waals surface area contributed by atoms with Crippen LogP contribution >= 0.6 is 0 Å². The van der Waals surface area contributed by atoms with Gasteiger partial charge in [-0.2, -0.15) is 5.10 Å². The molecule has 2 bridgehead atoms. The third-order valence-electron chi connectivity index (χ3n) is 9.13. The third-order valence-corrected chi connectivity index (χ3v) is 9.13. The van der Waals surface area contributed by atoms with Crippen molar-refractivity contribution in [3.05, 3.63) is 41.2 Å². The largest absolute Gasteiger partial charge is 0.504 e. The summed E-state index contributed by atoms with van der Waals surface area (Å²) < 4.78 is 6.56. The van der Waals surface area contributed by atoms with Crippen LogP contribution in [0.15, 0.2) is 24.4 Å². The van der Waals surface area contributed by atoms with Crippen molar-refractivity contribution in [1.29, 1.82) is 0 Å². The predicted molar refractivity (Wildman–Crippen MR) is 119 cm³/mol. The summed E-state index contributed by atoms with van der Waals surface area (Å²) in [6.45, 7) is 4.66. The van der Waals surface area contributed by atoms with Gasteiger partial charge in [-0.15, -0.1) is 0 Å². The van der Waals surface area contributed by atoms with Gasteiger partial charge in [0.05, 0.1) is 11.0 Å². The van der Waals surface area contributed by atoms with Crippen LogP contribution in [-0.2, 0) is 18.3 Å². The van der Waals surface area contributed by atoms with E-state index in [9.17, 15) is 10.2 Å². The standard InChI is InChI=1S/C25H32N4O3/c30-19-4-3-17-13-20-25(31)8-11-28(10-6-18-5-9-26-27-18)15-21-24(25,22(17)23(19)32-21)7-12-29(20)14-16-1-2-16/h3-5,9,16,20-21,30-31H,1-2,6-8,10-15H2,(H,26,27)/t20-,21+,24-,25-/m1/s1. The molecule has 5 aliphatic rings. The van der Waals surface area contributed by atoms with Crippen molar-refractivity contribution in [2.45, 2.75) is 61.7 Å². The number of likely N-dealkylation sites (tertiary alicyclic amines) is 2. The van der Waals surface area contributed by atoms with Crippen molar-refractivity contribution in [2.75, 3.05) is 32.7 Å². The average Bonchev–Trinajstić information content (AvgIpc) is 3.35. The van der Waals surface area contributed by atoms with Crippen LogP contribution in [0.2, 0.25) is 0 Å². The fraction of sp³-hybridized carbons (Fsp3) is 0.640. The van der Waals surface area contributed by atoms with Gasteiger partial charge in [-0.05, 0) is 62.3 Å². The molecule has 7 nitrogen and oxygen atoms in total. The van der Waals surface area contributed by atoms with Crippen molar-refractivity contribution in [1.82, 2.24) is 20.0 Å². The Morgan fingerprint density at radius 3 is 2.91 bits per heavy atom. The summed E-state index contributed by atoms with van der Waals surface area (Å²) in [6.07, 6.45) is 7.71. The number of aliphatic hydroxyl groups is 1. The second kappa shape index (κ2) is 6.72. The molecule has 1 aromatic heterocycles. The minimum atomic E-state index is -0.834. The molecule has 170 valence electrons. The molecular weight excluding hydrogens is 404 g/mol. The number of phenols is 1. The Hall–Kier alpha value is -2.09. The van der Waals surface area contributed by atoms with Crippen LogP contribution in [0.4, 0.5) is 0 Å². The average molecular weight is 437 g/mol. The quantitative estimate of drug-likeness (QED) is 0.663. The maximum atomic E-state index is 12.6. The number of H-pyrrole nitrogens is 1. The number of hydrogen-bond donors (Lipinski definition) is 3. The van der Waals surface area contributed by atoms with Gasteiger partial charge in [0.2, 0.25) is 0 Å². The first kappa shape index (κ1) is 19.4. The smallest absolute Gasteiger partial charge is 0.165 e. The van der Waals surface area contributed by atoms with Crippen LogP contribution in [-0.4, -0.2) is 80.7 Å². The molecule has 2 saturated heterocycles. The fourth-order valence-electron chi connectivity index (χ4n) is 7.37. The Balaban J connectivity index is 1.29. The van der Waals surface area contributed by atoms with E-state index in [1.807, 2.05) is 6.07 Å². The monoisotopic (exact) mass is 436 g/mol. The van der Waals surface area contributed by atoms with Crippen molar-refractivity contribution in [3.63, 3.8) is 0 Å². The highest BCUT2D eigenvalue weighted by Gasteiger charge is 2.70. The van der Waals surface area contributed by atoms with Gasteiger partial charge in [-0.25, -0.2) is 0 Å². The second-order valence-corrected chi connectivity index (χ2v) is 10.7. The molecule has 4 atom stereocenters. The highest BCUT2D eigenvalue weighted by molar-refractivity contribution is 5.62. The second-order valence-electron chi connectivity index (χ2n) is 10.7. The predicted octanol–water partition coefficient (Wildman–Crippen LogP) is 1.83. The van der Waals surface area contributed by atoms with Crippen molar-refractivity contribution in [2.24, 2.45) is 5.92 Å². The molecule has 0 amide bonds. The summed E-state index contributed by atoms with van der Waals surface area (Å²) >= 11 is 0. The number of nitrogens with zero attached hydrogens (tertiary/aromatic N) is 3. The molecule has 2 aromatic rings. The molecule has 1 aromatic carbocycles. The van der Waals surface area contributed by atoms with Gasteiger partial charge in [0, 0.05) is 56.1 Å². The van der Waals surface area contributed by atoms with E-state index in [4.69, 9.17) is 4.74 Å². The van der Waals surface area contributed by atoms with E-state index in [1.54, 1.807) is 12.3 Å². The normalized spacial score (nSPS) is 35.9. The first-order valence-corrected chi connectivity index (χ1v) is 12.3. The van der Waals surface area contributed by atoms with Crippen LogP contribution in [0.3, 0.4) is 0 Å². The Kier molecular flexibility index (Phi) is 4.07. The summed E-state index contributed by atoms with van der Waals surface area (Å²) in [4.78, 5) is 5.04. The summed E-state index contributed by atoms with van der Waals surface area (Å²) in [6, 6.07) is 6.02. The molecule has 3 aliphatic heterocycles. The van der Waals surface area contributed by atoms with E-state index >= 15 is 0 Å². The summed E-state index contributed by atoms with van der Waals surface area (Å²) in [5.74, 6) is 1.66. The number of nitrogens with one attached hydrogen (secondary N) is 1. The van der Waals surface area contributed by atoms with E-state index in [2.05, 4.69) is 26.1 Å².